The molecule has 1 atom stereocenters. The summed E-state index contributed by atoms with van der Waals surface area (Å²) >= 11 is 0. The molecule has 0 aliphatic carbocycles. The van der Waals surface area contributed by atoms with Crippen LogP contribution in [0, 0.1) is 10.1 Å². The number of nitrogens with zero attached hydrogens (tertiary/aromatic N) is 1. The Bertz CT molecular complexity index is 413. The van der Waals surface area contributed by atoms with E-state index in [4.69, 9.17) is 10.8 Å². The number of rotatable bonds is 2. The van der Waals surface area contributed by atoms with Crippen LogP contribution in [-0.2, 0) is 4.79 Å². The summed E-state index contributed by atoms with van der Waals surface area (Å²) in [7, 11) is 0. The van der Waals surface area contributed by atoms with Crippen molar-refractivity contribution >= 4 is 17.3 Å². The lowest BCUT2D eigenvalue weighted by atomic mass is 10.2. The van der Waals surface area contributed by atoms with E-state index in [0.717, 1.165) is 19.4 Å². The van der Waals surface area contributed by atoms with Crippen molar-refractivity contribution < 1.29 is 14.8 Å². The lowest BCUT2D eigenvalue weighted by Crippen LogP contribution is -2.29. The predicted octanol–water partition coefficient (Wildman–Crippen LogP) is 1.000. The normalized spacial score (nSPS) is 17.7. The number of nitrogens with two attached hydrogens (primary N) is 1. The summed E-state index contributed by atoms with van der Waals surface area (Å²) in [6.45, 7) is 0.858. The minimum absolute atomic E-state index is 0.0641. The summed E-state index contributed by atoms with van der Waals surface area (Å²) in [4.78, 5) is 19.8. The first-order valence-corrected chi connectivity index (χ1v) is 5.47. The van der Waals surface area contributed by atoms with E-state index in [0.29, 0.717) is 5.69 Å². The van der Waals surface area contributed by atoms with E-state index in [2.05, 4.69) is 5.32 Å². The largest absolute Gasteiger partial charge is 0.480 e. The fraction of sp³-hybridized carbons (Fsp3) is 0.364. The fourth-order valence-corrected chi connectivity index (χ4v) is 1.49. The molecule has 0 aromatic heterocycles. The molecule has 1 saturated heterocycles. The van der Waals surface area contributed by atoms with Gasteiger partial charge in [0.2, 0.25) is 0 Å². The van der Waals surface area contributed by atoms with Gasteiger partial charge in [-0.2, -0.15) is 0 Å². The molecule has 1 aromatic rings. The Hall–Kier alpha value is -2.15. The van der Waals surface area contributed by atoms with Crippen LogP contribution in [-0.4, -0.2) is 28.6 Å². The molecule has 1 aliphatic rings. The van der Waals surface area contributed by atoms with Gasteiger partial charge in [-0.3, -0.25) is 14.9 Å². The van der Waals surface area contributed by atoms with Gasteiger partial charge in [0.1, 0.15) is 6.04 Å². The fourth-order valence-electron chi connectivity index (χ4n) is 1.49. The van der Waals surface area contributed by atoms with Gasteiger partial charge in [-0.1, -0.05) is 0 Å². The zero-order chi connectivity index (χ0) is 13.5. The molecule has 18 heavy (non-hydrogen) atoms. The first kappa shape index (κ1) is 13.9. The SMILES string of the molecule is Nc1ccc([N+](=O)[O-])cc1.O=C(O)[C@@H]1CCCN1. The minimum atomic E-state index is -0.720. The number of carboxylic acids is 1. The maximum atomic E-state index is 10.1. The molecule has 0 spiro atoms. The van der Waals surface area contributed by atoms with E-state index in [1.54, 1.807) is 0 Å². The molecule has 7 heteroatoms. The first-order valence-electron chi connectivity index (χ1n) is 5.47. The van der Waals surface area contributed by atoms with E-state index in [9.17, 15) is 14.9 Å². The van der Waals surface area contributed by atoms with Gasteiger partial charge in [0.15, 0.2) is 0 Å². The van der Waals surface area contributed by atoms with Gasteiger partial charge < -0.3 is 16.2 Å². The van der Waals surface area contributed by atoms with Crippen molar-refractivity contribution in [1.29, 1.82) is 0 Å². The summed E-state index contributed by atoms with van der Waals surface area (Å²) < 4.78 is 0. The molecule has 4 N–H and O–H groups in total. The van der Waals surface area contributed by atoms with Crippen molar-refractivity contribution in [2.75, 3.05) is 12.3 Å². The summed E-state index contributed by atoms with van der Waals surface area (Å²) in [5.41, 5.74) is 5.90. The second kappa shape index (κ2) is 6.55. The Morgan fingerprint density at radius 1 is 1.44 bits per heavy atom. The molecule has 1 fully saturated rings. The van der Waals surface area contributed by atoms with Crippen molar-refractivity contribution in [2.24, 2.45) is 0 Å². The molecule has 0 saturated carbocycles. The van der Waals surface area contributed by atoms with Crippen LogP contribution in [0.5, 0.6) is 0 Å². The second-order valence-corrected chi connectivity index (χ2v) is 3.84. The zero-order valence-corrected chi connectivity index (χ0v) is 9.70. The minimum Gasteiger partial charge on any atom is -0.480 e. The molecule has 0 unspecified atom stereocenters. The lowest BCUT2D eigenvalue weighted by molar-refractivity contribution is -0.384. The Morgan fingerprint density at radius 2 is 2.06 bits per heavy atom. The summed E-state index contributed by atoms with van der Waals surface area (Å²) in [5, 5.41) is 21.3. The van der Waals surface area contributed by atoms with Gasteiger partial charge in [0.05, 0.1) is 4.92 Å². The van der Waals surface area contributed by atoms with Crippen LogP contribution in [0.25, 0.3) is 0 Å². The van der Waals surface area contributed by atoms with Crippen LogP contribution in [0.3, 0.4) is 0 Å². The molecule has 2 rings (SSSR count). The second-order valence-electron chi connectivity index (χ2n) is 3.84. The number of carboxylic acid groups (broad SMARTS) is 1. The number of anilines is 1. The molecule has 0 radical (unpaired) electrons. The number of nitro groups is 1. The summed E-state index contributed by atoms with van der Waals surface area (Å²) in [6, 6.07) is 5.47. The van der Waals surface area contributed by atoms with Crippen LogP contribution >= 0.6 is 0 Å². The highest BCUT2D eigenvalue weighted by Gasteiger charge is 2.20. The van der Waals surface area contributed by atoms with Crippen molar-refractivity contribution in [1.82, 2.24) is 5.32 Å². The van der Waals surface area contributed by atoms with E-state index >= 15 is 0 Å². The highest BCUT2D eigenvalue weighted by molar-refractivity contribution is 5.73. The maximum Gasteiger partial charge on any atom is 0.320 e. The van der Waals surface area contributed by atoms with E-state index in [1.807, 2.05) is 0 Å². The van der Waals surface area contributed by atoms with Crippen molar-refractivity contribution in [3.63, 3.8) is 0 Å². The van der Waals surface area contributed by atoms with Crippen molar-refractivity contribution in [3.8, 4) is 0 Å². The van der Waals surface area contributed by atoms with Crippen LogP contribution < -0.4 is 11.1 Å². The molecule has 98 valence electrons. The Kier molecular flexibility index (Phi) is 5.06. The van der Waals surface area contributed by atoms with E-state index in [1.165, 1.54) is 24.3 Å². The van der Waals surface area contributed by atoms with Gasteiger partial charge >= 0.3 is 5.97 Å². The third kappa shape index (κ3) is 4.38. The topological polar surface area (TPSA) is 118 Å². The predicted molar refractivity (Wildman–Crippen MR) is 66.2 cm³/mol. The number of non-ortho nitro benzene ring substituents is 1. The highest BCUT2D eigenvalue weighted by Crippen LogP contribution is 2.12. The summed E-state index contributed by atoms with van der Waals surface area (Å²) in [5.74, 6) is -0.720. The van der Waals surface area contributed by atoms with E-state index < -0.39 is 10.9 Å². The molecular weight excluding hydrogens is 238 g/mol. The number of nitrogen functional groups attached to an aromatic ring is 1. The van der Waals surface area contributed by atoms with Crippen LogP contribution in [0.4, 0.5) is 11.4 Å². The number of benzene rings is 1. The highest BCUT2D eigenvalue weighted by atomic mass is 16.6. The molecule has 1 aliphatic heterocycles. The lowest BCUT2D eigenvalue weighted by Gasteiger charge is -1.99. The third-order valence-corrected chi connectivity index (χ3v) is 2.46. The molecule has 7 nitrogen and oxygen atoms in total. The van der Waals surface area contributed by atoms with E-state index in [-0.39, 0.29) is 11.7 Å². The van der Waals surface area contributed by atoms with Crippen LogP contribution in [0.15, 0.2) is 24.3 Å². The molecular formula is C11H15N3O4. The van der Waals surface area contributed by atoms with Gasteiger partial charge in [-0.25, -0.2) is 0 Å². The molecule has 1 aromatic carbocycles. The molecule has 0 amide bonds. The Morgan fingerprint density at radius 3 is 2.39 bits per heavy atom. The van der Waals surface area contributed by atoms with Crippen molar-refractivity contribution in [2.45, 2.75) is 18.9 Å². The number of carbonyl (C=O) groups is 1. The average molecular weight is 253 g/mol. The number of aliphatic carboxylic acids is 1. The third-order valence-electron chi connectivity index (χ3n) is 2.46. The molecule has 1 heterocycles. The Labute approximate surface area is 104 Å². The summed E-state index contributed by atoms with van der Waals surface area (Å²) in [6.07, 6.45) is 1.78. The van der Waals surface area contributed by atoms with Gasteiger partial charge in [-0.05, 0) is 31.5 Å². The quantitative estimate of drug-likeness (QED) is 0.411. The monoisotopic (exact) mass is 253 g/mol. The zero-order valence-electron chi connectivity index (χ0n) is 9.70. The van der Waals surface area contributed by atoms with Gasteiger partial charge in [0.25, 0.3) is 5.69 Å². The van der Waals surface area contributed by atoms with Crippen LogP contribution in [0.1, 0.15) is 12.8 Å². The smallest absolute Gasteiger partial charge is 0.320 e. The van der Waals surface area contributed by atoms with Gasteiger partial charge in [-0.15, -0.1) is 0 Å². The number of hydrogen-bond acceptors (Lipinski definition) is 5. The standard InChI is InChI=1S/C6H6N2O2.C5H9NO2/c7-5-1-3-6(4-2-5)8(9)10;7-5(8)4-2-1-3-6-4/h1-4H,7H2;4,6H,1-3H2,(H,7,8)/t;4-/m.0/s1. The van der Waals surface area contributed by atoms with Crippen LogP contribution in [0.2, 0.25) is 0 Å². The number of hydrogen-bond donors (Lipinski definition) is 3. The first-order chi connectivity index (χ1) is 8.50. The van der Waals surface area contributed by atoms with Gasteiger partial charge in [0, 0.05) is 17.8 Å². The molecule has 0 bridgehead atoms. The number of nitro benzene ring substituents is 1. The maximum absolute atomic E-state index is 10.1. The average Bonchev–Trinajstić information content (AvgIpc) is 2.84. The van der Waals surface area contributed by atoms with Crippen molar-refractivity contribution in [3.05, 3.63) is 34.4 Å². The Balaban J connectivity index is 0.000000184. The number of nitrogens with one attached hydrogen (secondary N) is 1.